The summed E-state index contributed by atoms with van der Waals surface area (Å²) >= 11 is 6.01. The Kier molecular flexibility index (Phi) is 8.55. The van der Waals surface area contributed by atoms with Gasteiger partial charge in [0.15, 0.2) is 5.79 Å². The van der Waals surface area contributed by atoms with Crippen molar-refractivity contribution < 1.29 is 22.6 Å². The van der Waals surface area contributed by atoms with Gasteiger partial charge in [-0.3, -0.25) is 4.31 Å². The zero-order chi connectivity index (χ0) is 26.4. The highest BCUT2D eigenvalue weighted by atomic mass is 35.5. The van der Waals surface area contributed by atoms with Gasteiger partial charge in [-0.25, -0.2) is 8.42 Å². The number of anilines is 1. The van der Waals surface area contributed by atoms with Gasteiger partial charge in [0, 0.05) is 43.1 Å². The minimum atomic E-state index is -3.84. The van der Waals surface area contributed by atoms with E-state index in [1.165, 1.54) is 16.4 Å². The van der Waals surface area contributed by atoms with Gasteiger partial charge in [-0.05, 0) is 48.9 Å². The fourth-order valence-corrected chi connectivity index (χ4v) is 6.52. The number of piperidine rings is 1. The molecule has 38 heavy (non-hydrogen) atoms. The lowest BCUT2D eigenvalue weighted by Crippen LogP contribution is -2.45. The van der Waals surface area contributed by atoms with Gasteiger partial charge in [-0.1, -0.05) is 48.0 Å². The van der Waals surface area contributed by atoms with Crippen molar-refractivity contribution in [3.63, 3.8) is 0 Å². The number of nitrogens with zero attached hydrogens (tertiary/aromatic N) is 2. The van der Waals surface area contributed by atoms with E-state index in [-0.39, 0.29) is 17.2 Å². The third kappa shape index (κ3) is 6.33. The molecule has 2 aliphatic heterocycles. The van der Waals surface area contributed by atoms with E-state index in [4.69, 9.17) is 25.8 Å². The zero-order valence-corrected chi connectivity index (χ0v) is 22.9. The topological polar surface area (TPSA) is 68.3 Å². The molecule has 7 nitrogen and oxygen atoms in total. The maximum atomic E-state index is 13.7. The summed E-state index contributed by atoms with van der Waals surface area (Å²) in [5, 5.41) is 0.484. The number of halogens is 1. The van der Waals surface area contributed by atoms with Crippen LogP contribution in [0.25, 0.3) is 0 Å². The van der Waals surface area contributed by atoms with Crippen LogP contribution < -0.4 is 9.04 Å². The number of para-hydroxylation sites is 2. The van der Waals surface area contributed by atoms with Crippen LogP contribution in [0.2, 0.25) is 5.02 Å². The molecule has 3 aromatic rings. The van der Waals surface area contributed by atoms with E-state index in [2.05, 4.69) is 4.90 Å². The summed E-state index contributed by atoms with van der Waals surface area (Å²) in [5.41, 5.74) is 1.37. The molecular weight excluding hydrogens is 524 g/mol. The lowest BCUT2D eigenvalue weighted by Gasteiger charge is -2.37. The van der Waals surface area contributed by atoms with Crippen LogP contribution in [0, 0.1) is 0 Å². The Labute approximate surface area is 229 Å². The van der Waals surface area contributed by atoms with Crippen molar-refractivity contribution in [2.75, 3.05) is 43.8 Å². The minimum absolute atomic E-state index is 0.138. The number of hydrogen-bond acceptors (Lipinski definition) is 6. The minimum Gasteiger partial charge on any atom is -0.493 e. The molecule has 2 fully saturated rings. The number of benzene rings is 3. The van der Waals surface area contributed by atoms with Gasteiger partial charge >= 0.3 is 0 Å². The first kappa shape index (κ1) is 27.0. The fraction of sp³-hybridized carbons (Fsp3) is 0.379. The average Bonchev–Trinajstić information content (AvgIpc) is 3.40. The van der Waals surface area contributed by atoms with Gasteiger partial charge in [0.25, 0.3) is 10.0 Å². The Bertz CT molecular complexity index is 1290. The molecule has 2 aliphatic rings. The van der Waals surface area contributed by atoms with Crippen LogP contribution >= 0.6 is 11.6 Å². The van der Waals surface area contributed by atoms with Crippen LogP contribution in [0.3, 0.4) is 0 Å². The monoisotopic (exact) mass is 556 g/mol. The molecule has 0 aliphatic carbocycles. The first-order chi connectivity index (χ1) is 18.5. The Balaban J connectivity index is 1.24. The molecule has 0 amide bonds. The molecule has 2 saturated heterocycles. The maximum Gasteiger partial charge on any atom is 0.264 e. The van der Waals surface area contributed by atoms with Crippen molar-refractivity contribution in [2.45, 2.75) is 36.5 Å². The lowest BCUT2D eigenvalue weighted by molar-refractivity contribution is -0.185. The van der Waals surface area contributed by atoms with Crippen LogP contribution in [-0.2, 0) is 26.0 Å². The number of sulfonamides is 1. The van der Waals surface area contributed by atoms with Gasteiger partial charge in [-0.15, -0.1) is 0 Å². The first-order valence-corrected chi connectivity index (χ1v) is 14.8. The van der Waals surface area contributed by atoms with Crippen molar-refractivity contribution in [3.8, 4) is 5.75 Å². The highest BCUT2D eigenvalue weighted by Crippen LogP contribution is 2.32. The van der Waals surface area contributed by atoms with E-state index in [9.17, 15) is 8.42 Å². The van der Waals surface area contributed by atoms with Gasteiger partial charge in [0.1, 0.15) is 5.75 Å². The summed E-state index contributed by atoms with van der Waals surface area (Å²) in [5.74, 6) is 0.327. The van der Waals surface area contributed by atoms with E-state index in [1.807, 2.05) is 42.5 Å². The van der Waals surface area contributed by atoms with Crippen molar-refractivity contribution in [1.29, 1.82) is 0 Å². The fourth-order valence-electron chi connectivity index (χ4n) is 4.95. The third-order valence-corrected chi connectivity index (χ3v) is 9.08. The van der Waals surface area contributed by atoms with Gasteiger partial charge in [-0.2, -0.15) is 0 Å². The third-order valence-electron chi connectivity index (χ3n) is 7.04. The summed E-state index contributed by atoms with van der Waals surface area (Å²) in [6.45, 7) is 4.89. The SMILES string of the molecule is O=S(=O)(c1ccc(Cl)cc1)N(Cc1ccccc1OCCCN1CCC2(CC1)OCCO2)c1ccccc1. The van der Waals surface area contributed by atoms with Crippen LogP contribution in [0.4, 0.5) is 5.69 Å². The molecule has 0 saturated carbocycles. The average molecular weight is 557 g/mol. The van der Waals surface area contributed by atoms with Crippen molar-refractivity contribution in [1.82, 2.24) is 4.90 Å². The predicted molar refractivity (Wildman–Crippen MR) is 148 cm³/mol. The molecule has 0 radical (unpaired) electrons. The molecule has 0 unspecified atom stereocenters. The second-order valence-electron chi connectivity index (χ2n) is 9.56. The second kappa shape index (κ2) is 12.1. The molecule has 1 spiro atoms. The van der Waals surface area contributed by atoms with E-state index in [0.717, 1.165) is 44.5 Å². The number of hydrogen-bond donors (Lipinski definition) is 0. The van der Waals surface area contributed by atoms with Gasteiger partial charge in [0.05, 0.1) is 36.9 Å². The lowest BCUT2D eigenvalue weighted by atomic mass is 10.0. The smallest absolute Gasteiger partial charge is 0.264 e. The van der Waals surface area contributed by atoms with E-state index < -0.39 is 10.0 Å². The highest BCUT2D eigenvalue weighted by Gasteiger charge is 2.39. The van der Waals surface area contributed by atoms with Crippen molar-refractivity contribution >= 4 is 27.3 Å². The molecule has 0 bridgehead atoms. The summed E-state index contributed by atoms with van der Waals surface area (Å²) in [6, 6.07) is 23.0. The largest absolute Gasteiger partial charge is 0.493 e. The molecule has 9 heteroatoms. The number of rotatable bonds is 10. The van der Waals surface area contributed by atoms with E-state index in [1.54, 1.807) is 24.3 Å². The number of ether oxygens (including phenoxy) is 3. The molecule has 202 valence electrons. The van der Waals surface area contributed by atoms with Crippen molar-refractivity contribution in [2.24, 2.45) is 0 Å². The molecule has 3 aromatic carbocycles. The highest BCUT2D eigenvalue weighted by molar-refractivity contribution is 7.92. The predicted octanol–water partition coefficient (Wildman–Crippen LogP) is 5.34. The Morgan fingerprint density at radius 3 is 2.26 bits per heavy atom. The Morgan fingerprint density at radius 2 is 1.55 bits per heavy atom. The van der Waals surface area contributed by atoms with E-state index >= 15 is 0 Å². The number of likely N-dealkylation sites (tertiary alicyclic amines) is 1. The van der Waals surface area contributed by atoms with Crippen LogP contribution in [0.5, 0.6) is 5.75 Å². The van der Waals surface area contributed by atoms with Crippen LogP contribution in [-0.4, -0.2) is 58.6 Å². The molecule has 5 rings (SSSR count). The van der Waals surface area contributed by atoms with Gasteiger partial charge in [0.2, 0.25) is 0 Å². The summed E-state index contributed by atoms with van der Waals surface area (Å²) in [4.78, 5) is 2.60. The summed E-state index contributed by atoms with van der Waals surface area (Å²) in [6.07, 6.45) is 2.66. The molecule has 0 N–H and O–H groups in total. The Hall–Kier alpha value is -2.62. The molecule has 2 heterocycles. The first-order valence-electron chi connectivity index (χ1n) is 13.0. The molecule has 0 aromatic heterocycles. The second-order valence-corrected chi connectivity index (χ2v) is 11.9. The summed E-state index contributed by atoms with van der Waals surface area (Å²) in [7, 11) is -3.84. The van der Waals surface area contributed by atoms with Crippen LogP contribution in [0.15, 0.2) is 83.8 Å². The van der Waals surface area contributed by atoms with Gasteiger partial charge < -0.3 is 19.1 Å². The van der Waals surface area contributed by atoms with Crippen molar-refractivity contribution in [3.05, 3.63) is 89.4 Å². The van der Waals surface area contributed by atoms with Crippen LogP contribution in [0.1, 0.15) is 24.8 Å². The Morgan fingerprint density at radius 1 is 0.895 bits per heavy atom. The molecular formula is C29H33ClN2O5S. The maximum absolute atomic E-state index is 13.7. The summed E-state index contributed by atoms with van der Waals surface area (Å²) < 4.78 is 46.6. The normalized spacial score (nSPS) is 17.5. The quantitative estimate of drug-likeness (QED) is 0.314. The molecule has 0 atom stereocenters. The standard InChI is InChI=1S/C29H33ClN2O5S/c30-25-11-13-27(14-12-25)38(33,34)32(26-8-2-1-3-9-26)23-24-7-4-5-10-28(24)35-20-6-17-31-18-15-29(16-19-31)36-21-22-37-29/h1-5,7-14H,6,15-23H2. The van der Waals surface area contributed by atoms with E-state index in [0.29, 0.717) is 36.3 Å². The zero-order valence-electron chi connectivity index (χ0n) is 21.3.